The van der Waals surface area contributed by atoms with Crippen LogP contribution in [0.4, 0.5) is 0 Å². The number of para-hydroxylation sites is 3. The van der Waals surface area contributed by atoms with Crippen LogP contribution in [-0.2, 0) is 18.4 Å². The summed E-state index contributed by atoms with van der Waals surface area (Å²) in [4.78, 5) is 32.4. The van der Waals surface area contributed by atoms with Crippen LogP contribution >= 0.6 is 0 Å². The minimum Gasteiger partial charge on any atom is -0.493 e. The van der Waals surface area contributed by atoms with Crippen molar-refractivity contribution in [1.29, 1.82) is 0 Å². The molecule has 2 amide bonds. The molecule has 0 aliphatic carbocycles. The standard InChI is InChI=1S/C24H30N4O3/c1-6-31-20-14-10-7-11-17(20)23(29)26-22(16(2)3)24(30)27(4)15-21-25-18-12-8-9-13-19(18)28(21)5/h7-14,16,22H,6,15H2,1-5H3,(H,26,29). The van der Waals surface area contributed by atoms with E-state index >= 15 is 0 Å². The Morgan fingerprint density at radius 1 is 1.13 bits per heavy atom. The zero-order valence-corrected chi connectivity index (χ0v) is 18.8. The van der Waals surface area contributed by atoms with Crippen molar-refractivity contribution in [3.63, 3.8) is 0 Å². The largest absolute Gasteiger partial charge is 0.493 e. The van der Waals surface area contributed by atoms with Crippen LogP contribution in [0.25, 0.3) is 11.0 Å². The molecule has 7 heteroatoms. The molecule has 0 aliphatic rings. The van der Waals surface area contributed by atoms with Crippen LogP contribution in [0.15, 0.2) is 48.5 Å². The molecule has 7 nitrogen and oxygen atoms in total. The number of carbonyl (C=O) groups is 2. The summed E-state index contributed by atoms with van der Waals surface area (Å²) in [6, 6.07) is 14.2. The molecule has 1 unspecified atom stereocenters. The number of rotatable bonds is 8. The van der Waals surface area contributed by atoms with E-state index in [2.05, 4.69) is 10.3 Å². The van der Waals surface area contributed by atoms with Crippen LogP contribution in [0.3, 0.4) is 0 Å². The quantitative estimate of drug-likeness (QED) is 0.604. The van der Waals surface area contributed by atoms with Gasteiger partial charge in [0.15, 0.2) is 0 Å². The van der Waals surface area contributed by atoms with E-state index in [9.17, 15) is 9.59 Å². The second kappa shape index (κ2) is 9.64. The van der Waals surface area contributed by atoms with Crippen LogP contribution in [0.5, 0.6) is 5.75 Å². The van der Waals surface area contributed by atoms with Crippen molar-refractivity contribution in [3.05, 3.63) is 59.9 Å². The number of aromatic nitrogens is 2. The predicted molar refractivity (Wildman–Crippen MR) is 121 cm³/mol. The zero-order valence-electron chi connectivity index (χ0n) is 18.8. The van der Waals surface area contributed by atoms with Crippen LogP contribution in [0, 0.1) is 5.92 Å². The summed E-state index contributed by atoms with van der Waals surface area (Å²) < 4.78 is 7.55. The summed E-state index contributed by atoms with van der Waals surface area (Å²) in [7, 11) is 3.67. The molecule has 0 bridgehead atoms. The maximum Gasteiger partial charge on any atom is 0.255 e. The molecular formula is C24H30N4O3. The number of fused-ring (bicyclic) bond motifs is 1. The van der Waals surface area contributed by atoms with E-state index in [1.807, 2.05) is 62.7 Å². The van der Waals surface area contributed by atoms with Gasteiger partial charge < -0.3 is 19.5 Å². The van der Waals surface area contributed by atoms with Crippen LogP contribution < -0.4 is 10.1 Å². The third-order valence-electron chi connectivity index (χ3n) is 5.29. The molecule has 31 heavy (non-hydrogen) atoms. The van der Waals surface area contributed by atoms with Crippen molar-refractivity contribution in [1.82, 2.24) is 19.8 Å². The number of ether oxygens (including phenoxy) is 1. The number of aryl methyl sites for hydroxylation is 1. The Labute approximate surface area is 183 Å². The van der Waals surface area contributed by atoms with Gasteiger partial charge >= 0.3 is 0 Å². The van der Waals surface area contributed by atoms with Crippen molar-refractivity contribution in [2.24, 2.45) is 13.0 Å². The van der Waals surface area contributed by atoms with E-state index in [1.165, 1.54) is 0 Å². The average molecular weight is 423 g/mol. The SMILES string of the molecule is CCOc1ccccc1C(=O)NC(C(=O)N(C)Cc1nc2ccccc2n1C)C(C)C. The fraction of sp³-hybridized carbons (Fsp3) is 0.375. The first-order chi connectivity index (χ1) is 14.8. The lowest BCUT2D eigenvalue weighted by Crippen LogP contribution is -2.50. The monoisotopic (exact) mass is 422 g/mol. The van der Waals surface area contributed by atoms with E-state index in [4.69, 9.17) is 4.74 Å². The minimum atomic E-state index is -0.665. The van der Waals surface area contributed by atoms with Crippen molar-refractivity contribution in [3.8, 4) is 5.75 Å². The number of amides is 2. The molecule has 1 atom stereocenters. The first kappa shape index (κ1) is 22.3. The molecule has 2 aromatic carbocycles. The van der Waals surface area contributed by atoms with Gasteiger partial charge in [0, 0.05) is 14.1 Å². The highest BCUT2D eigenvalue weighted by Gasteiger charge is 2.29. The molecule has 3 aromatic rings. The van der Waals surface area contributed by atoms with E-state index in [0.29, 0.717) is 24.5 Å². The number of nitrogens with one attached hydrogen (secondary N) is 1. The zero-order chi connectivity index (χ0) is 22.5. The molecule has 0 saturated heterocycles. The molecule has 0 fully saturated rings. The van der Waals surface area contributed by atoms with Gasteiger partial charge in [0.1, 0.15) is 17.6 Å². The summed E-state index contributed by atoms with van der Waals surface area (Å²) >= 11 is 0. The van der Waals surface area contributed by atoms with E-state index in [-0.39, 0.29) is 17.7 Å². The van der Waals surface area contributed by atoms with Gasteiger partial charge in [0.25, 0.3) is 5.91 Å². The highest BCUT2D eigenvalue weighted by molar-refractivity contribution is 5.99. The number of imidazole rings is 1. The van der Waals surface area contributed by atoms with Gasteiger partial charge in [-0.15, -0.1) is 0 Å². The molecule has 3 rings (SSSR count). The Bertz CT molecular complexity index is 1070. The minimum absolute atomic E-state index is 0.0846. The Hall–Kier alpha value is -3.35. The Kier molecular flexibility index (Phi) is 6.95. The average Bonchev–Trinajstić information content (AvgIpc) is 3.07. The van der Waals surface area contributed by atoms with Gasteiger partial charge in [-0.2, -0.15) is 0 Å². The molecule has 1 aromatic heterocycles. The molecular weight excluding hydrogens is 392 g/mol. The number of benzene rings is 2. The summed E-state index contributed by atoms with van der Waals surface area (Å²) in [6.45, 7) is 6.50. The van der Waals surface area contributed by atoms with E-state index < -0.39 is 6.04 Å². The predicted octanol–water partition coefficient (Wildman–Crippen LogP) is 3.39. The van der Waals surface area contributed by atoms with Crippen LogP contribution in [0.1, 0.15) is 37.0 Å². The Morgan fingerprint density at radius 2 is 1.81 bits per heavy atom. The third kappa shape index (κ3) is 4.87. The van der Waals surface area contributed by atoms with Gasteiger partial charge in [-0.3, -0.25) is 9.59 Å². The van der Waals surface area contributed by atoms with Gasteiger partial charge in [-0.1, -0.05) is 38.1 Å². The lowest BCUT2D eigenvalue weighted by molar-refractivity contribution is -0.133. The van der Waals surface area contributed by atoms with Gasteiger partial charge in [0.2, 0.25) is 5.91 Å². The van der Waals surface area contributed by atoms with Gasteiger partial charge in [-0.25, -0.2) is 4.98 Å². The van der Waals surface area contributed by atoms with E-state index in [1.54, 1.807) is 30.1 Å². The molecule has 0 saturated carbocycles. The second-order valence-corrected chi connectivity index (χ2v) is 7.89. The maximum absolute atomic E-state index is 13.2. The number of hydrogen-bond acceptors (Lipinski definition) is 4. The lowest BCUT2D eigenvalue weighted by Gasteiger charge is -2.27. The molecule has 0 aliphatic heterocycles. The van der Waals surface area contributed by atoms with Crippen LogP contribution in [0.2, 0.25) is 0 Å². The highest BCUT2D eigenvalue weighted by atomic mass is 16.5. The van der Waals surface area contributed by atoms with Crippen molar-refractivity contribution in [2.45, 2.75) is 33.4 Å². The Morgan fingerprint density at radius 3 is 2.48 bits per heavy atom. The molecule has 164 valence electrons. The summed E-state index contributed by atoms with van der Waals surface area (Å²) in [5.41, 5.74) is 2.32. The smallest absolute Gasteiger partial charge is 0.255 e. The number of likely N-dealkylation sites (N-methyl/N-ethyl adjacent to an activating group) is 1. The fourth-order valence-electron chi connectivity index (χ4n) is 3.53. The number of nitrogens with zero attached hydrogens (tertiary/aromatic N) is 3. The van der Waals surface area contributed by atoms with Crippen molar-refractivity contribution in [2.75, 3.05) is 13.7 Å². The third-order valence-corrected chi connectivity index (χ3v) is 5.29. The summed E-state index contributed by atoms with van der Waals surface area (Å²) in [5.74, 6) is 0.716. The number of carbonyl (C=O) groups excluding carboxylic acids is 2. The number of hydrogen-bond donors (Lipinski definition) is 1. The Balaban J connectivity index is 1.76. The van der Waals surface area contributed by atoms with E-state index in [0.717, 1.165) is 16.9 Å². The highest BCUT2D eigenvalue weighted by Crippen LogP contribution is 2.19. The summed E-state index contributed by atoms with van der Waals surface area (Å²) in [6.07, 6.45) is 0. The first-order valence-corrected chi connectivity index (χ1v) is 10.5. The maximum atomic E-state index is 13.2. The lowest BCUT2D eigenvalue weighted by atomic mass is 10.0. The summed E-state index contributed by atoms with van der Waals surface area (Å²) in [5, 5.41) is 2.90. The molecule has 1 heterocycles. The van der Waals surface area contributed by atoms with Gasteiger partial charge in [-0.05, 0) is 37.1 Å². The molecule has 0 spiro atoms. The van der Waals surface area contributed by atoms with Crippen molar-refractivity contribution >= 4 is 22.8 Å². The van der Waals surface area contributed by atoms with Gasteiger partial charge in [0.05, 0.1) is 29.7 Å². The normalized spacial score (nSPS) is 12.1. The van der Waals surface area contributed by atoms with Crippen LogP contribution in [-0.4, -0.2) is 46.0 Å². The topological polar surface area (TPSA) is 76.5 Å². The van der Waals surface area contributed by atoms with Crippen molar-refractivity contribution < 1.29 is 14.3 Å². The fourth-order valence-corrected chi connectivity index (χ4v) is 3.53. The molecule has 0 radical (unpaired) electrons. The first-order valence-electron chi connectivity index (χ1n) is 10.5. The molecule has 1 N–H and O–H groups in total. The second-order valence-electron chi connectivity index (χ2n) is 7.89.